The van der Waals surface area contributed by atoms with Gasteiger partial charge in [-0.05, 0) is 15.8 Å². The molecule has 0 amide bonds. The van der Waals surface area contributed by atoms with Crippen LogP contribution in [0.1, 0.15) is 51.6 Å². The molecule has 0 N–H and O–H groups in total. The molecule has 0 atom stereocenters. The van der Waals surface area contributed by atoms with E-state index in [0.717, 1.165) is 8.19 Å². The third kappa shape index (κ3) is 19.9. The van der Waals surface area contributed by atoms with E-state index in [4.69, 9.17) is 0 Å². The van der Waals surface area contributed by atoms with Gasteiger partial charge in [-0.25, -0.2) is 8.19 Å². The SMILES string of the molecule is CC(C)(C)c1p[c-](C(C)(C)C)[pH]1.C[PH+](C)C.C[PH+](C)C.[CH3-].[Rh+2]. The van der Waals surface area contributed by atoms with Crippen LogP contribution >= 0.6 is 32.2 Å². The minimum absolute atomic E-state index is 0. The van der Waals surface area contributed by atoms with Crippen molar-refractivity contribution in [2.24, 2.45) is 0 Å². The molecule has 5 heteroatoms. The van der Waals surface area contributed by atoms with E-state index >= 15 is 0 Å². The molecule has 1 heterocycles. The van der Waals surface area contributed by atoms with Crippen molar-refractivity contribution < 1.29 is 19.5 Å². The van der Waals surface area contributed by atoms with Gasteiger partial charge in [0.25, 0.3) is 0 Å². The van der Waals surface area contributed by atoms with Gasteiger partial charge >= 0.3 is 19.5 Å². The average molecular weight is 473 g/mol. The third-order valence-electron chi connectivity index (χ3n) is 1.88. The summed E-state index contributed by atoms with van der Waals surface area (Å²) in [5, 5.41) is 3.46. The van der Waals surface area contributed by atoms with Crippen LogP contribution in [-0.4, -0.2) is 40.0 Å². The van der Waals surface area contributed by atoms with Crippen molar-refractivity contribution in [2.45, 2.75) is 52.4 Å². The van der Waals surface area contributed by atoms with Gasteiger partial charge in [0.05, 0.1) is 0 Å². The zero-order chi connectivity index (χ0) is 16.7. The second-order valence-electron chi connectivity index (χ2n) is 8.43. The van der Waals surface area contributed by atoms with Crippen molar-refractivity contribution in [3.8, 4) is 0 Å². The fourth-order valence-electron chi connectivity index (χ4n) is 0.937. The molecule has 0 nitrogen and oxygen atoms in total. The maximum absolute atomic E-state index is 2.32. The molecule has 0 aliphatic heterocycles. The summed E-state index contributed by atoms with van der Waals surface area (Å²) in [6, 6.07) is 0. The molecule has 22 heavy (non-hydrogen) atoms. The van der Waals surface area contributed by atoms with E-state index in [1.165, 1.54) is 0 Å². The molecule has 0 aliphatic carbocycles. The van der Waals surface area contributed by atoms with E-state index in [1.54, 1.807) is 18.2 Å². The molecule has 1 rings (SSSR count). The van der Waals surface area contributed by atoms with Gasteiger partial charge in [-0.1, -0.05) is 52.4 Å². The Morgan fingerprint density at radius 3 is 1.18 bits per heavy atom. The van der Waals surface area contributed by atoms with Crippen LogP contribution in [0, 0.1) is 7.43 Å². The van der Waals surface area contributed by atoms with Crippen molar-refractivity contribution in [3.63, 3.8) is 0 Å². The normalized spacial score (nSPS) is 11.5. The molecule has 0 unspecified atom stereocenters. The molecule has 1 aromatic rings. The van der Waals surface area contributed by atoms with Gasteiger partial charge in [0.15, 0.2) is 0 Å². The van der Waals surface area contributed by atoms with Gasteiger partial charge in [-0.2, -0.15) is 8.19 Å². The Kier molecular flexibility index (Phi) is 20.2. The quantitative estimate of drug-likeness (QED) is 0.212. The van der Waals surface area contributed by atoms with Gasteiger partial charge in [-0.15, -0.1) is 10.1 Å². The predicted molar refractivity (Wildman–Crippen MR) is 120 cm³/mol. The van der Waals surface area contributed by atoms with Gasteiger partial charge in [0, 0.05) is 40.0 Å². The van der Waals surface area contributed by atoms with Crippen molar-refractivity contribution in [1.29, 1.82) is 0 Å². The molecule has 0 aromatic carbocycles. The molecule has 0 aliphatic rings. The fraction of sp³-hybridized carbons (Fsp3) is 0.824. The summed E-state index contributed by atoms with van der Waals surface area (Å²) in [6.07, 6.45) is 0. The Bertz CT molecular complexity index is 291. The molecule has 137 valence electrons. The first kappa shape index (κ1) is 31.6. The Labute approximate surface area is 161 Å². The summed E-state index contributed by atoms with van der Waals surface area (Å²) in [5.41, 5.74) is 0.878. The van der Waals surface area contributed by atoms with Crippen molar-refractivity contribution >= 4 is 32.2 Å². The van der Waals surface area contributed by atoms with Gasteiger partial charge in [0.2, 0.25) is 0 Å². The van der Waals surface area contributed by atoms with Crippen LogP contribution in [0.4, 0.5) is 0 Å². The Morgan fingerprint density at radius 1 is 0.818 bits per heavy atom. The van der Waals surface area contributed by atoms with Crippen LogP contribution < -0.4 is 0 Å². The minimum atomic E-state index is 0. The maximum Gasteiger partial charge on any atom is 2.00 e. The van der Waals surface area contributed by atoms with Crippen LogP contribution in [0.15, 0.2) is 0 Å². The van der Waals surface area contributed by atoms with Crippen LogP contribution in [-0.2, 0) is 30.3 Å². The summed E-state index contributed by atoms with van der Waals surface area (Å²) in [7, 11) is 2.81. The summed E-state index contributed by atoms with van der Waals surface area (Å²) in [6.45, 7) is 27.5. The molecule has 0 bridgehead atoms. The van der Waals surface area contributed by atoms with Crippen molar-refractivity contribution in [1.82, 2.24) is 0 Å². The molecule has 0 saturated heterocycles. The van der Waals surface area contributed by atoms with E-state index in [1.807, 2.05) is 0 Å². The second kappa shape index (κ2) is 14.0. The van der Waals surface area contributed by atoms with Crippen LogP contribution in [0.2, 0.25) is 0 Å². The first-order valence-corrected chi connectivity index (χ1v) is 15.3. The molecule has 0 saturated carbocycles. The van der Waals surface area contributed by atoms with Crippen LogP contribution in [0.3, 0.4) is 0 Å². The minimum Gasteiger partial charge on any atom is -0.358 e. The fourth-order valence-corrected chi connectivity index (χ4v) is 3.82. The van der Waals surface area contributed by atoms with E-state index < -0.39 is 0 Å². The van der Waals surface area contributed by atoms with Gasteiger partial charge < -0.3 is 7.43 Å². The van der Waals surface area contributed by atoms with Crippen molar-refractivity contribution in [3.05, 3.63) is 17.5 Å². The van der Waals surface area contributed by atoms with Crippen molar-refractivity contribution in [2.75, 3.05) is 40.0 Å². The topological polar surface area (TPSA) is 0 Å². The van der Waals surface area contributed by atoms with Gasteiger partial charge in [0.1, 0.15) is 0 Å². The van der Waals surface area contributed by atoms with Gasteiger partial charge in [-0.3, -0.25) is 0 Å². The maximum atomic E-state index is 2.32. The summed E-state index contributed by atoms with van der Waals surface area (Å²) >= 11 is 0. The van der Waals surface area contributed by atoms with E-state index in [0.29, 0.717) is 10.8 Å². The number of rotatable bonds is 0. The standard InChI is InChI=1S/C10H19P2.2C3H9P.CH3.Rh/c1-9(2,3)7-11-8(12-7)10(4,5)6;2*1-4(2)3;;/h11H,1-6H3;2*1-3H3;1H3;/q-1;;;-1;+2/p+2. The van der Waals surface area contributed by atoms with E-state index in [2.05, 4.69) is 81.5 Å². The average Bonchev–Trinajstić information content (AvgIpc) is 1.89. The number of hydrogen-bond donors (Lipinski definition) is 0. The summed E-state index contributed by atoms with van der Waals surface area (Å²) < 4.78 is 0. The second-order valence-corrected chi connectivity index (χ2v) is 17.6. The molecular formula is C17H42P4Rh+2. The molecule has 0 spiro atoms. The Balaban J connectivity index is -0.000000138. The summed E-state index contributed by atoms with van der Waals surface area (Å²) in [5.74, 6) is 0. The van der Waals surface area contributed by atoms with E-state index in [-0.39, 0.29) is 42.7 Å². The Morgan fingerprint density at radius 2 is 1.05 bits per heavy atom. The zero-order valence-corrected chi connectivity index (χ0v) is 22.8. The molecule has 1 aromatic heterocycles. The molecule has 1 radical (unpaired) electrons. The number of hydrogen-bond acceptors (Lipinski definition) is 0. The third-order valence-corrected chi connectivity index (χ3v) is 6.99. The monoisotopic (exact) mass is 473 g/mol. The smallest absolute Gasteiger partial charge is 0.358 e. The first-order valence-electron chi connectivity index (χ1n) is 7.45. The zero-order valence-electron chi connectivity index (χ0n) is 17.3. The van der Waals surface area contributed by atoms with Crippen LogP contribution in [0.25, 0.3) is 0 Å². The first-order chi connectivity index (χ1) is 8.67. The Hall–Kier alpha value is 1.82. The predicted octanol–water partition coefficient (Wildman–Crippen LogP) is 7.24. The molecular weight excluding hydrogens is 431 g/mol. The van der Waals surface area contributed by atoms with Crippen LogP contribution in [0.5, 0.6) is 0 Å². The molecule has 0 fully saturated rings. The largest absolute Gasteiger partial charge is 2.00 e. The summed E-state index contributed by atoms with van der Waals surface area (Å²) in [4.78, 5) is 0. The van der Waals surface area contributed by atoms with E-state index in [9.17, 15) is 0 Å².